The number of alkyl halides is 3. The van der Waals surface area contributed by atoms with Crippen LogP contribution in [0.3, 0.4) is 0 Å². The summed E-state index contributed by atoms with van der Waals surface area (Å²) in [4.78, 5) is 26.9. The lowest BCUT2D eigenvalue weighted by Gasteiger charge is -2.25. The molecule has 2 amide bonds. The van der Waals surface area contributed by atoms with Gasteiger partial charge < -0.3 is 15.0 Å². The Morgan fingerprint density at radius 2 is 1.72 bits per heavy atom. The first-order valence-electron chi connectivity index (χ1n) is 12.1. The fraction of sp³-hybridized carbons (Fsp3) is 0.286. The van der Waals surface area contributed by atoms with E-state index in [0.29, 0.717) is 11.5 Å². The zero-order valence-electron chi connectivity index (χ0n) is 20.7. The molecule has 11 heteroatoms. The molecule has 206 valence electrons. The highest BCUT2D eigenvalue weighted by molar-refractivity contribution is 6.38. The van der Waals surface area contributed by atoms with E-state index in [9.17, 15) is 22.8 Å². The summed E-state index contributed by atoms with van der Waals surface area (Å²) in [5, 5.41) is 1.88. The standard InChI is InChI=1S/C28H24Cl2F4N2O3/c1-16(37)35-26-23(30)14-22(29)25(31)24(26)27(38)36(15-18-5-7-19(8-6-18)20-9-10-20)12-11-17-3-2-4-21(13-17)39-28(32,33)34/h2-8,13-14,20H,9-12,15H2,1H3,(H,35,37). The van der Waals surface area contributed by atoms with Crippen LogP contribution in [0.25, 0.3) is 0 Å². The summed E-state index contributed by atoms with van der Waals surface area (Å²) in [7, 11) is 0. The number of halogens is 6. The van der Waals surface area contributed by atoms with E-state index in [4.69, 9.17) is 23.2 Å². The number of carbonyl (C=O) groups is 2. The molecule has 1 fully saturated rings. The van der Waals surface area contributed by atoms with Crippen molar-refractivity contribution in [3.8, 4) is 5.75 Å². The van der Waals surface area contributed by atoms with Gasteiger partial charge in [-0.1, -0.05) is 59.6 Å². The first-order valence-corrected chi connectivity index (χ1v) is 12.8. The number of carbonyl (C=O) groups excluding carboxylic acids is 2. The molecule has 3 aromatic carbocycles. The van der Waals surface area contributed by atoms with Crippen LogP contribution < -0.4 is 10.1 Å². The average Bonchev–Trinajstić information content (AvgIpc) is 3.70. The predicted octanol–water partition coefficient (Wildman–Crippen LogP) is 7.75. The second-order valence-electron chi connectivity index (χ2n) is 9.27. The molecule has 1 aliphatic rings. The van der Waals surface area contributed by atoms with Crippen molar-refractivity contribution in [2.45, 2.75) is 45.0 Å². The Labute approximate surface area is 232 Å². The second kappa shape index (κ2) is 11.8. The summed E-state index contributed by atoms with van der Waals surface area (Å²) in [6, 6.07) is 14.2. The summed E-state index contributed by atoms with van der Waals surface area (Å²) < 4.78 is 57.3. The van der Waals surface area contributed by atoms with Gasteiger partial charge in [0.15, 0.2) is 5.82 Å². The van der Waals surface area contributed by atoms with Gasteiger partial charge in [0.25, 0.3) is 5.91 Å². The molecule has 0 saturated heterocycles. The summed E-state index contributed by atoms with van der Waals surface area (Å²) >= 11 is 12.2. The van der Waals surface area contributed by atoms with Crippen LogP contribution in [0.4, 0.5) is 23.2 Å². The molecule has 0 aliphatic heterocycles. The maximum atomic E-state index is 15.3. The van der Waals surface area contributed by atoms with Gasteiger partial charge in [-0.15, -0.1) is 13.2 Å². The van der Waals surface area contributed by atoms with Crippen molar-refractivity contribution in [1.82, 2.24) is 4.90 Å². The summed E-state index contributed by atoms with van der Waals surface area (Å²) in [6.07, 6.45) is -2.47. The van der Waals surface area contributed by atoms with Crippen molar-refractivity contribution in [3.63, 3.8) is 0 Å². The van der Waals surface area contributed by atoms with Gasteiger partial charge in [-0.25, -0.2) is 4.39 Å². The van der Waals surface area contributed by atoms with Crippen molar-refractivity contribution < 1.29 is 31.9 Å². The number of benzene rings is 3. The molecule has 1 N–H and O–H groups in total. The molecule has 0 bridgehead atoms. The number of hydrogen-bond acceptors (Lipinski definition) is 3. The zero-order chi connectivity index (χ0) is 28.3. The summed E-state index contributed by atoms with van der Waals surface area (Å²) in [6.45, 7) is 1.25. The number of nitrogens with one attached hydrogen (secondary N) is 1. The lowest BCUT2D eigenvalue weighted by atomic mass is 10.1. The van der Waals surface area contributed by atoms with Gasteiger partial charge in [-0.3, -0.25) is 9.59 Å². The Morgan fingerprint density at radius 1 is 1.03 bits per heavy atom. The molecule has 0 spiro atoms. The topological polar surface area (TPSA) is 58.6 Å². The van der Waals surface area contributed by atoms with Crippen molar-refractivity contribution in [2.24, 2.45) is 0 Å². The Morgan fingerprint density at radius 3 is 2.33 bits per heavy atom. The Kier molecular flexibility index (Phi) is 8.71. The first kappa shape index (κ1) is 28.7. The lowest BCUT2D eigenvalue weighted by Crippen LogP contribution is -2.34. The van der Waals surface area contributed by atoms with Gasteiger partial charge in [-0.05, 0) is 60.1 Å². The van der Waals surface area contributed by atoms with Crippen LogP contribution in [-0.2, 0) is 17.8 Å². The number of amides is 2. The van der Waals surface area contributed by atoms with E-state index < -0.39 is 40.3 Å². The largest absolute Gasteiger partial charge is 0.573 e. The SMILES string of the molecule is CC(=O)Nc1c(Cl)cc(Cl)c(F)c1C(=O)N(CCc1cccc(OC(F)(F)F)c1)Cc1ccc(C2CC2)cc1. The van der Waals surface area contributed by atoms with Crippen LogP contribution in [0.5, 0.6) is 5.75 Å². The van der Waals surface area contributed by atoms with E-state index in [-0.39, 0.29) is 30.2 Å². The van der Waals surface area contributed by atoms with Gasteiger partial charge in [0.05, 0.1) is 15.7 Å². The third kappa shape index (κ3) is 7.64. The first-order chi connectivity index (χ1) is 18.4. The van der Waals surface area contributed by atoms with E-state index in [2.05, 4.69) is 10.1 Å². The van der Waals surface area contributed by atoms with E-state index in [1.807, 2.05) is 24.3 Å². The van der Waals surface area contributed by atoms with Gasteiger partial charge >= 0.3 is 6.36 Å². The molecule has 1 aliphatic carbocycles. The molecule has 0 unspecified atom stereocenters. The molecule has 3 aromatic rings. The minimum Gasteiger partial charge on any atom is -0.406 e. The number of ether oxygens (including phenoxy) is 1. The highest BCUT2D eigenvalue weighted by Crippen LogP contribution is 2.40. The molecule has 0 radical (unpaired) electrons. The Balaban J connectivity index is 1.65. The summed E-state index contributed by atoms with van der Waals surface area (Å²) in [5.41, 5.74) is 1.69. The Bertz CT molecular complexity index is 1380. The minimum atomic E-state index is -4.85. The number of anilines is 1. The monoisotopic (exact) mass is 582 g/mol. The van der Waals surface area contributed by atoms with E-state index >= 15 is 4.39 Å². The van der Waals surface area contributed by atoms with Gasteiger partial charge in [0, 0.05) is 20.0 Å². The Hall–Kier alpha value is -3.30. The van der Waals surface area contributed by atoms with Gasteiger partial charge in [-0.2, -0.15) is 0 Å². The maximum Gasteiger partial charge on any atom is 0.573 e. The molecule has 5 nitrogen and oxygen atoms in total. The van der Waals surface area contributed by atoms with Crippen LogP contribution >= 0.6 is 23.2 Å². The molecule has 0 atom stereocenters. The van der Waals surface area contributed by atoms with Crippen LogP contribution in [-0.4, -0.2) is 29.6 Å². The lowest BCUT2D eigenvalue weighted by molar-refractivity contribution is -0.274. The third-order valence-corrected chi connectivity index (χ3v) is 6.75. The third-order valence-electron chi connectivity index (χ3n) is 6.18. The van der Waals surface area contributed by atoms with Crippen LogP contribution in [0.1, 0.15) is 52.7 Å². The number of rotatable bonds is 9. The van der Waals surface area contributed by atoms with Gasteiger partial charge in [0.1, 0.15) is 11.3 Å². The highest BCUT2D eigenvalue weighted by Gasteiger charge is 2.31. The van der Waals surface area contributed by atoms with E-state index in [0.717, 1.165) is 24.5 Å². The fourth-order valence-corrected chi connectivity index (χ4v) is 4.71. The number of nitrogens with zero attached hydrogens (tertiary/aromatic N) is 1. The van der Waals surface area contributed by atoms with Crippen LogP contribution in [0.2, 0.25) is 10.0 Å². The number of hydrogen-bond donors (Lipinski definition) is 1. The maximum absolute atomic E-state index is 15.3. The van der Waals surface area contributed by atoms with Crippen LogP contribution in [0, 0.1) is 5.82 Å². The molecule has 39 heavy (non-hydrogen) atoms. The highest BCUT2D eigenvalue weighted by atomic mass is 35.5. The second-order valence-corrected chi connectivity index (χ2v) is 10.1. The van der Waals surface area contributed by atoms with E-state index in [1.54, 1.807) is 6.07 Å². The fourth-order valence-electron chi connectivity index (χ4n) is 4.20. The predicted molar refractivity (Wildman–Crippen MR) is 141 cm³/mol. The molecule has 1 saturated carbocycles. The molecular weight excluding hydrogens is 559 g/mol. The molecular formula is C28H24Cl2F4N2O3. The molecule has 0 aromatic heterocycles. The van der Waals surface area contributed by atoms with Crippen molar-refractivity contribution >= 4 is 40.7 Å². The van der Waals surface area contributed by atoms with Gasteiger partial charge in [0.2, 0.25) is 5.91 Å². The minimum absolute atomic E-state index is 0.00175. The van der Waals surface area contributed by atoms with Crippen LogP contribution in [0.15, 0.2) is 54.6 Å². The average molecular weight is 583 g/mol. The van der Waals surface area contributed by atoms with E-state index in [1.165, 1.54) is 35.6 Å². The summed E-state index contributed by atoms with van der Waals surface area (Å²) in [5.74, 6) is -2.28. The van der Waals surface area contributed by atoms with Crippen molar-refractivity contribution in [2.75, 3.05) is 11.9 Å². The normalized spacial score (nSPS) is 13.2. The molecule has 4 rings (SSSR count). The van der Waals surface area contributed by atoms with Crippen molar-refractivity contribution in [3.05, 3.63) is 92.7 Å². The zero-order valence-corrected chi connectivity index (χ0v) is 22.3. The van der Waals surface area contributed by atoms with Crippen molar-refractivity contribution in [1.29, 1.82) is 0 Å². The quantitative estimate of drug-likeness (QED) is 0.207. The smallest absolute Gasteiger partial charge is 0.406 e. The molecule has 0 heterocycles.